The van der Waals surface area contributed by atoms with E-state index in [1.807, 2.05) is 18.5 Å². The summed E-state index contributed by atoms with van der Waals surface area (Å²) in [5.74, 6) is 2.12. The zero-order valence-electron chi connectivity index (χ0n) is 11.8. The Morgan fingerprint density at radius 2 is 2.21 bits per heavy atom. The number of aromatic nitrogens is 3. The van der Waals surface area contributed by atoms with Crippen molar-refractivity contribution < 1.29 is 0 Å². The molecule has 2 rings (SSSR count). The van der Waals surface area contributed by atoms with Gasteiger partial charge in [0.1, 0.15) is 11.3 Å². The van der Waals surface area contributed by atoms with Crippen molar-refractivity contribution in [2.75, 3.05) is 0 Å². The van der Waals surface area contributed by atoms with E-state index in [0.29, 0.717) is 11.8 Å². The molecule has 2 heterocycles. The molecule has 2 aromatic heterocycles. The van der Waals surface area contributed by atoms with Gasteiger partial charge in [0.05, 0.1) is 17.6 Å². The average molecular weight is 280 g/mol. The largest absolute Gasteiger partial charge is 0.327 e. The highest BCUT2D eigenvalue weighted by molar-refractivity contribution is 6.16. The van der Waals surface area contributed by atoms with Crippen LogP contribution >= 0.6 is 11.6 Å². The lowest BCUT2D eigenvalue weighted by atomic mass is 9.99. The summed E-state index contributed by atoms with van der Waals surface area (Å²) in [4.78, 5) is 8.70. The Balaban J connectivity index is 2.26. The van der Waals surface area contributed by atoms with Gasteiger partial charge in [-0.05, 0) is 18.4 Å². The highest BCUT2D eigenvalue weighted by Gasteiger charge is 2.14. The molecule has 0 aliphatic heterocycles. The maximum Gasteiger partial charge on any atom is 0.124 e. The lowest BCUT2D eigenvalue weighted by molar-refractivity contribution is 0.391. The average Bonchev–Trinajstić information content (AvgIpc) is 2.81. The smallest absolute Gasteiger partial charge is 0.124 e. The van der Waals surface area contributed by atoms with Crippen LogP contribution in [0.15, 0.2) is 18.5 Å². The SMILES string of the molecule is CCCCC(CC)Cn1c(CCl)nc2cnccc21. The highest BCUT2D eigenvalue weighted by Crippen LogP contribution is 2.22. The number of halogens is 1. The minimum atomic E-state index is 0.457. The summed E-state index contributed by atoms with van der Waals surface area (Å²) < 4.78 is 2.27. The fraction of sp³-hybridized carbons (Fsp3) is 0.600. The van der Waals surface area contributed by atoms with Gasteiger partial charge < -0.3 is 4.57 Å². The molecule has 104 valence electrons. The van der Waals surface area contributed by atoms with E-state index in [1.54, 1.807) is 0 Å². The lowest BCUT2D eigenvalue weighted by Crippen LogP contribution is -2.12. The van der Waals surface area contributed by atoms with Crippen molar-refractivity contribution in [3.05, 3.63) is 24.3 Å². The monoisotopic (exact) mass is 279 g/mol. The fourth-order valence-electron chi connectivity index (χ4n) is 2.51. The molecule has 0 N–H and O–H groups in total. The number of pyridine rings is 1. The van der Waals surface area contributed by atoms with E-state index >= 15 is 0 Å². The van der Waals surface area contributed by atoms with Gasteiger partial charge in [-0.2, -0.15) is 0 Å². The first-order valence-electron chi connectivity index (χ1n) is 7.15. The Hall–Kier alpha value is -1.09. The summed E-state index contributed by atoms with van der Waals surface area (Å²) in [6, 6.07) is 2.03. The summed E-state index contributed by atoms with van der Waals surface area (Å²) in [6.45, 7) is 5.52. The molecular formula is C15H22ClN3. The van der Waals surface area contributed by atoms with Crippen molar-refractivity contribution >= 4 is 22.6 Å². The van der Waals surface area contributed by atoms with Gasteiger partial charge in [0, 0.05) is 12.7 Å². The molecule has 0 aromatic carbocycles. The van der Waals surface area contributed by atoms with Gasteiger partial charge in [-0.25, -0.2) is 4.98 Å². The van der Waals surface area contributed by atoms with Crippen molar-refractivity contribution in [2.24, 2.45) is 5.92 Å². The molecule has 0 amide bonds. The Morgan fingerprint density at radius 1 is 1.37 bits per heavy atom. The number of hydrogen-bond donors (Lipinski definition) is 0. The summed E-state index contributed by atoms with van der Waals surface area (Å²) in [6.07, 6.45) is 8.67. The minimum Gasteiger partial charge on any atom is -0.327 e. The van der Waals surface area contributed by atoms with Crippen molar-refractivity contribution in [1.82, 2.24) is 14.5 Å². The predicted molar refractivity (Wildman–Crippen MR) is 80.4 cm³/mol. The number of nitrogens with zero attached hydrogens (tertiary/aromatic N) is 3. The number of fused-ring (bicyclic) bond motifs is 1. The van der Waals surface area contributed by atoms with Crippen molar-refractivity contribution in [3.63, 3.8) is 0 Å². The first kappa shape index (κ1) is 14.3. The zero-order chi connectivity index (χ0) is 13.7. The molecule has 0 radical (unpaired) electrons. The molecule has 0 saturated heterocycles. The standard InChI is InChI=1S/C15H22ClN3/c1-3-5-6-12(4-2)11-19-14-7-8-17-10-13(14)18-15(19)9-16/h7-8,10,12H,3-6,9,11H2,1-2H3. The second-order valence-corrected chi connectivity index (χ2v) is 5.32. The van der Waals surface area contributed by atoms with Gasteiger partial charge in [0.25, 0.3) is 0 Å². The molecule has 2 aromatic rings. The van der Waals surface area contributed by atoms with Crippen LogP contribution in [0, 0.1) is 5.92 Å². The summed E-state index contributed by atoms with van der Waals surface area (Å²) in [7, 11) is 0. The Labute approximate surface area is 120 Å². The second-order valence-electron chi connectivity index (χ2n) is 5.05. The second kappa shape index (κ2) is 6.90. The zero-order valence-corrected chi connectivity index (χ0v) is 12.5. The third-order valence-electron chi connectivity index (χ3n) is 3.73. The van der Waals surface area contributed by atoms with Gasteiger partial charge in [-0.15, -0.1) is 11.6 Å². The van der Waals surface area contributed by atoms with Crippen LogP contribution in [-0.4, -0.2) is 14.5 Å². The molecule has 0 fully saturated rings. The van der Waals surface area contributed by atoms with E-state index in [4.69, 9.17) is 11.6 Å². The maximum atomic E-state index is 6.03. The van der Waals surface area contributed by atoms with Crippen molar-refractivity contribution in [2.45, 2.75) is 52.0 Å². The number of alkyl halides is 1. The predicted octanol–water partition coefficient (Wildman–Crippen LogP) is 4.39. The van der Waals surface area contributed by atoms with Crippen LogP contribution in [-0.2, 0) is 12.4 Å². The Kier molecular flexibility index (Phi) is 5.20. The normalized spacial score (nSPS) is 13.0. The molecular weight excluding hydrogens is 258 g/mol. The first-order valence-corrected chi connectivity index (χ1v) is 7.68. The van der Waals surface area contributed by atoms with E-state index in [0.717, 1.165) is 23.4 Å². The van der Waals surface area contributed by atoms with Gasteiger partial charge in [0.15, 0.2) is 0 Å². The van der Waals surface area contributed by atoms with Crippen LogP contribution in [0.1, 0.15) is 45.4 Å². The first-order chi connectivity index (χ1) is 9.30. The van der Waals surface area contributed by atoms with Gasteiger partial charge in [-0.1, -0.05) is 33.1 Å². The van der Waals surface area contributed by atoms with Gasteiger partial charge in [0.2, 0.25) is 0 Å². The van der Waals surface area contributed by atoms with Crippen LogP contribution in [0.3, 0.4) is 0 Å². The van der Waals surface area contributed by atoms with Crippen LogP contribution in [0.25, 0.3) is 11.0 Å². The van der Waals surface area contributed by atoms with Crippen LogP contribution in [0.5, 0.6) is 0 Å². The molecule has 0 aliphatic carbocycles. The molecule has 3 nitrogen and oxygen atoms in total. The fourth-order valence-corrected chi connectivity index (χ4v) is 2.72. The molecule has 0 saturated carbocycles. The van der Waals surface area contributed by atoms with E-state index in [-0.39, 0.29) is 0 Å². The Bertz CT molecular complexity index is 521. The van der Waals surface area contributed by atoms with E-state index in [2.05, 4.69) is 28.4 Å². The van der Waals surface area contributed by atoms with E-state index < -0.39 is 0 Å². The number of rotatable bonds is 7. The quantitative estimate of drug-likeness (QED) is 0.704. The third-order valence-corrected chi connectivity index (χ3v) is 3.97. The third kappa shape index (κ3) is 3.27. The maximum absolute atomic E-state index is 6.03. The van der Waals surface area contributed by atoms with Crippen LogP contribution in [0.2, 0.25) is 0 Å². The van der Waals surface area contributed by atoms with E-state index in [1.165, 1.54) is 25.7 Å². The molecule has 19 heavy (non-hydrogen) atoms. The van der Waals surface area contributed by atoms with Crippen molar-refractivity contribution in [1.29, 1.82) is 0 Å². The van der Waals surface area contributed by atoms with Gasteiger partial charge in [-0.3, -0.25) is 4.98 Å². The van der Waals surface area contributed by atoms with Crippen LogP contribution in [0.4, 0.5) is 0 Å². The molecule has 1 atom stereocenters. The van der Waals surface area contributed by atoms with Crippen LogP contribution < -0.4 is 0 Å². The summed E-state index contributed by atoms with van der Waals surface area (Å²) in [5, 5.41) is 0. The molecule has 4 heteroatoms. The summed E-state index contributed by atoms with van der Waals surface area (Å²) in [5.41, 5.74) is 2.10. The van der Waals surface area contributed by atoms with Gasteiger partial charge >= 0.3 is 0 Å². The minimum absolute atomic E-state index is 0.457. The number of hydrogen-bond acceptors (Lipinski definition) is 2. The number of imidazole rings is 1. The molecule has 1 unspecified atom stereocenters. The summed E-state index contributed by atoms with van der Waals surface area (Å²) >= 11 is 6.03. The molecule has 0 aliphatic rings. The topological polar surface area (TPSA) is 30.7 Å². The highest BCUT2D eigenvalue weighted by atomic mass is 35.5. The van der Waals surface area contributed by atoms with E-state index in [9.17, 15) is 0 Å². The lowest BCUT2D eigenvalue weighted by Gasteiger charge is -2.17. The Morgan fingerprint density at radius 3 is 2.89 bits per heavy atom. The molecule has 0 bridgehead atoms. The number of unbranched alkanes of at least 4 members (excludes halogenated alkanes) is 1. The van der Waals surface area contributed by atoms with Crippen molar-refractivity contribution in [3.8, 4) is 0 Å². The molecule has 0 spiro atoms.